The first-order valence-electron chi connectivity index (χ1n) is 11.0. The van der Waals surface area contributed by atoms with Crippen LogP contribution in [0.1, 0.15) is 23.1 Å². The lowest BCUT2D eigenvalue weighted by atomic mass is 10.1. The summed E-state index contributed by atoms with van der Waals surface area (Å²) >= 11 is 7.78. The number of nitrogens with zero attached hydrogens (tertiary/aromatic N) is 1. The van der Waals surface area contributed by atoms with Crippen LogP contribution in [0.5, 0.6) is 0 Å². The van der Waals surface area contributed by atoms with E-state index < -0.39 is 10.0 Å². The first-order chi connectivity index (χ1) is 16.3. The minimum absolute atomic E-state index is 0.152. The third kappa shape index (κ3) is 7.52. The Balaban J connectivity index is 1.60. The van der Waals surface area contributed by atoms with Crippen molar-refractivity contribution in [3.05, 3.63) is 94.5 Å². The molecule has 0 aliphatic carbocycles. The molecule has 0 unspecified atom stereocenters. The SMILES string of the molecule is Cc1cc(C)cc(N(CC(=O)NCCCSCc2cccc(Cl)c2)S(=O)(=O)c2ccccc2)c1. The number of hydrogen-bond acceptors (Lipinski definition) is 4. The smallest absolute Gasteiger partial charge is 0.264 e. The summed E-state index contributed by atoms with van der Waals surface area (Å²) < 4.78 is 28.0. The summed E-state index contributed by atoms with van der Waals surface area (Å²) in [6.07, 6.45) is 0.784. The number of benzene rings is 3. The lowest BCUT2D eigenvalue weighted by Crippen LogP contribution is -2.41. The zero-order chi connectivity index (χ0) is 24.6. The molecule has 180 valence electrons. The van der Waals surface area contributed by atoms with Gasteiger partial charge in [-0.3, -0.25) is 9.10 Å². The molecule has 5 nitrogen and oxygen atoms in total. The van der Waals surface area contributed by atoms with Gasteiger partial charge >= 0.3 is 0 Å². The molecule has 0 saturated carbocycles. The molecule has 0 fully saturated rings. The first-order valence-corrected chi connectivity index (χ1v) is 14.0. The molecule has 1 amide bonds. The van der Waals surface area contributed by atoms with Gasteiger partial charge in [-0.25, -0.2) is 8.42 Å². The second-order valence-corrected chi connectivity index (χ2v) is 11.5. The third-order valence-electron chi connectivity index (χ3n) is 5.06. The average molecular weight is 517 g/mol. The zero-order valence-electron chi connectivity index (χ0n) is 19.3. The van der Waals surface area contributed by atoms with Crippen molar-refractivity contribution in [2.24, 2.45) is 0 Å². The van der Waals surface area contributed by atoms with E-state index in [2.05, 4.69) is 5.32 Å². The number of aryl methyl sites for hydroxylation is 2. The highest BCUT2D eigenvalue weighted by Gasteiger charge is 2.27. The minimum atomic E-state index is -3.90. The Hall–Kier alpha value is -2.48. The molecule has 0 atom stereocenters. The van der Waals surface area contributed by atoms with Crippen LogP contribution >= 0.6 is 23.4 Å². The van der Waals surface area contributed by atoms with Crippen molar-refractivity contribution < 1.29 is 13.2 Å². The maximum absolute atomic E-state index is 13.4. The molecule has 34 heavy (non-hydrogen) atoms. The largest absolute Gasteiger partial charge is 0.354 e. The maximum Gasteiger partial charge on any atom is 0.264 e. The Kier molecular flexibility index (Phi) is 9.45. The van der Waals surface area contributed by atoms with E-state index in [1.165, 1.54) is 4.31 Å². The molecule has 0 spiro atoms. The Morgan fingerprint density at radius 2 is 1.68 bits per heavy atom. The van der Waals surface area contributed by atoms with Crippen LogP contribution in [0.3, 0.4) is 0 Å². The molecule has 3 aromatic carbocycles. The molecule has 0 bridgehead atoms. The molecule has 0 heterocycles. The van der Waals surface area contributed by atoms with Gasteiger partial charge in [-0.2, -0.15) is 11.8 Å². The van der Waals surface area contributed by atoms with Crippen LogP contribution in [0.15, 0.2) is 77.7 Å². The topological polar surface area (TPSA) is 66.5 Å². The predicted octanol–water partition coefficient (Wildman–Crippen LogP) is 5.59. The van der Waals surface area contributed by atoms with Crippen LogP contribution in [0.25, 0.3) is 0 Å². The van der Waals surface area contributed by atoms with Crippen LogP contribution in [-0.4, -0.2) is 33.2 Å². The zero-order valence-corrected chi connectivity index (χ0v) is 21.7. The number of amides is 1. The minimum Gasteiger partial charge on any atom is -0.354 e. The fourth-order valence-corrected chi connectivity index (χ4v) is 6.08. The summed E-state index contributed by atoms with van der Waals surface area (Å²) in [7, 11) is -3.90. The summed E-state index contributed by atoms with van der Waals surface area (Å²) in [4.78, 5) is 12.9. The van der Waals surface area contributed by atoms with Crippen LogP contribution in [0, 0.1) is 13.8 Å². The average Bonchev–Trinajstić information content (AvgIpc) is 2.79. The first kappa shape index (κ1) is 26.1. The lowest BCUT2D eigenvalue weighted by Gasteiger charge is -2.25. The van der Waals surface area contributed by atoms with Crippen LogP contribution < -0.4 is 9.62 Å². The molecule has 0 aliphatic rings. The number of nitrogens with one attached hydrogen (secondary N) is 1. The summed E-state index contributed by atoms with van der Waals surface area (Å²) in [5.74, 6) is 1.39. The quantitative estimate of drug-likeness (QED) is 0.337. The van der Waals surface area contributed by atoms with E-state index in [0.29, 0.717) is 12.2 Å². The van der Waals surface area contributed by atoms with Crippen molar-refractivity contribution in [3.63, 3.8) is 0 Å². The molecule has 1 N–H and O–H groups in total. The van der Waals surface area contributed by atoms with E-state index in [1.807, 2.05) is 44.2 Å². The van der Waals surface area contributed by atoms with Crippen molar-refractivity contribution in [1.82, 2.24) is 5.32 Å². The highest BCUT2D eigenvalue weighted by Crippen LogP contribution is 2.25. The van der Waals surface area contributed by atoms with Gasteiger partial charge in [0, 0.05) is 17.3 Å². The molecular formula is C26H29ClN2O3S2. The normalized spacial score (nSPS) is 11.3. The van der Waals surface area contributed by atoms with Crippen LogP contribution in [0.4, 0.5) is 5.69 Å². The Morgan fingerprint density at radius 3 is 2.35 bits per heavy atom. The summed E-state index contributed by atoms with van der Waals surface area (Å²) in [6.45, 7) is 4.01. The molecule has 0 aliphatic heterocycles. The highest BCUT2D eigenvalue weighted by atomic mass is 35.5. The second kappa shape index (κ2) is 12.3. The summed E-state index contributed by atoms with van der Waals surface area (Å²) in [6, 6.07) is 21.5. The van der Waals surface area contributed by atoms with Crippen LogP contribution in [0.2, 0.25) is 5.02 Å². The van der Waals surface area contributed by atoms with E-state index >= 15 is 0 Å². The Labute approximate surface area is 211 Å². The standard InChI is InChI=1S/C26H29ClN2O3S2/c1-20-14-21(2)16-24(15-20)29(34(31,32)25-10-4-3-5-11-25)18-26(30)28-12-7-13-33-19-22-8-6-9-23(27)17-22/h3-6,8-11,14-17H,7,12-13,18-19H2,1-2H3,(H,28,30). The summed E-state index contributed by atoms with van der Waals surface area (Å²) in [5.41, 5.74) is 3.51. The van der Waals surface area contributed by atoms with Crippen molar-refractivity contribution in [1.29, 1.82) is 0 Å². The number of sulfonamides is 1. The molecule has 0 radical (unpaired) electrons. The van der Waals surface area contributed by atoms with Crippen molar-refractivity contribution >= 4 is 45.0 Å². The monoisotopic (exact) mass is 516 g/mol. The molecule has 3 rings (SSSR count). The molecule has 0 aromatic heterocycles. The summed E-state index contributed by atoms with van der Waals surface area (Å²) in [5, 5.41) is 3.59. The van der Waals surface area contributed by atoms with Gasteiger partial charge in [0.05, 0.1) is 10.6 Å². The van der Waals surface area contributed by atoms with Gasteiger partial charge in [-0.1, -0.05) is 48.0 Å². The lowest BCUT2D eigenvalue weighted by molar-refractivity contribution is -0.119. The van der Waals surface area contributed by atoms with Crippen LogP contribution in [-0.2, 0) is 20.6 Å². The number of hydrogen-bond donors (Lipinski definition) is 1. The van der Waals surface area contributed by atoms with Gasteiger partial charge in [0.15, 0.2) is 0 Å². The van der Waals surface area contributed by atoms with E-state index in [4.69, 9.17) is 11.6 Å². The maximum atomic E-state index is 13.4. The number of rotatable bonds is 11. The van der Waals surface area contributed by atoms with Gasteiger partial charge in [0.25, 0.3) is 10.0 Å². The molecule has 3 aromatic rings. The van der Waals surface area contributed by atoms with Crippen molar-refractivity contribution in [2.75, 3.05) is 23.1 Å². The number of anilines is 1. The predicted molar refractivity (Wildman–Crippen MR) is 142 cm³/mol. The van der Waals surface area contributed by atoms with Crippen molar-refractivity contribution in [3.8, 4) is 0 Å². The second-order valence-electron chi connectivity index (χ2n) is 8.06. The van der Waals surface area contributed by atoms with E-state index in [-0.39, 0.29) is 17.3 Å². The molecule has 0 saturated heterocycles. The van der Waals surface area contributed by atoms with Gasteiger partial charge in [-0.15, -0.1) is 0 Å². The number of carbonyl (C=O) groups excluding carboxylic acids is 1. The fraction of sp³-hybridized carbons (Fsp3) is 0.269. The number of carbonyl (C=O) groups is 1. The Bertz CT molecular complexity index is 1200. The number of thioether (sulfide) groups is 1. The van der Waals surface area contributed by atoms with E-state index in [0.717, 1.165) is 39.6 Å². The fourth-order valence-electron chi connectivity index (χ4n) is 3.53. The molecular weight excluding hydrogens is 488 g/mol. The van der Waals surface area contributed by atoms with Gasteiger partial charge < -0.3 is 5.32 Å². The van der Waals surface area contributed by atoms with Gasteiger partial charge in [0.1, 0.15) is 6.54 Å². The van der Waals surface area contributed by atoms with Crippen molar-refractivity contribution in [2.45, 2.75) is 30.9 Å². The Morgan fingerprint density at radius 1 is 0.971 bits per heavy atom. The van der Waals surface area contributed by atoms with Gasteiger partial charge in [0.2, 0.25) is 5.91 Å². The van der Waals surface area contributed by atoms with Gasteiger partial charge in [-0.05, 0) is 79.1 Å². The third-order valence-corrected chi connectivity index (χ3v) is 8.20. The number of halogens is 1. The highest BCUT2D eigenvalue weighted by molar-refractivity contribution is 7.98. The molecule has 8 heteroatoms. The van der Waals surface area contributed by atoms with E-state index in [9.17, 15) is 13.2 Å². The van der Waals surface area contributed by atoms with E-state index in [1.54, 1.807) is 54.2 Å².